The van der Waals surface area contributed by atoms with E-state index in [0.717, 1.165) is 24.6 Å². The van der Waals surface area contributed by atoms with Crippen LogP contribution in [0.5, 0.6) is 0 Å². The summed E-state index contributed by atoms with van der Waals surface area (Å²) in [5.74, 6) is 1.74. The number of morpholine rings is 1. The molecule has 0 aliphatic carbocycles. The van der Waals surface area contributed by atoms with Crippen LogP contribution in [0.1, 0.15) is 25.6 Å². The van der Waals surface area contributed by atoms with Crippen molar-refractivity contribution in [2.75, 3.05) is 43.1 Å². The molecule has 13 heteroatoms. The molecule has 0 saturated carbocycles. The number of imidazole rings is 1. The molecule has 0 radical (unpaired) electrons. The highest BCUT2D eigenvalue weighted by Crippen LogP contribution is 2.33. The summed E-state index contributed by atoms with van der Waals surface area (Å²) >= 11 is 0. The first-order valence-corrected chi connectivity index (χ1v) is 11.2. The molecule has 0 bridgehead atoms. The summed E-state index contributed by atoms with van der Waals surface area (Å²) in [5, 5.41) is 12.8. The number of aromatic nitrogens is 5. The standard InChI is InChI=1S/C21H27FN8O4/c1-12(2)24-21(31)34-14-11-33-19(18(14)22)13-9-15(28-27-13)25-20-26-17(29-5-7-32-8-6-29)10-16-23-3-4-30(16)20/h3-4,9-10,12,14,18-19H,5-8,11H2,1-2H3,(H,24,31)(H2,25,26,27,28). The van der Waals surface area contributed by atoms with Crippen LogP contribution in [0.3, 0.4) is 0 Å². The Morgan fingerprint density at radius 2 is 2.15 bits per heavy atom. The number of anilines is 3. The second-order valence-corrected chi connectivity index (χ2v) is 8.47. The van der Waals surface area contributed by atoms with Crippen LogP contribution < -0.4 is 15.5 Å². The zero-order valence-electron chi connectivity index (χ0n) is 18.9. The topological polar surface area (TPSA) is 131 Å². The first-order chi connectivity index (χ1) is 16.5. The molecule has 2 saturated heterocycles. The van der Waals surface area contributed by atoms with Crippen molar-refractivity contribution in [2.45, 2.75) is 38.3 Å². The molecule has 34 heavy (non-hydrogen) atoms. The van der Waals surface area contributed by atoms with E-state index in [-0.39, 0.29) is 12.6 Å². The number of hydrogen-bond acceptors (Lipinski definition) is 9. The lowest BCUT2D eigenvalue weighted by molar-refractivity contribution is 0.0615. The fourth-order valence-corrected chi connectivity index (χ4v) is 3.96. The van der Waals surface area contributed by atoms with E-state index in [0.29, 0.717) is 30.7 Å². The minimum atomic E-state index is -1.53. The molecule has 182 valence electrons. The van der Waals surface area contributed by atoms with E-state index in [1.165, 1.54) is 0 Å². The minimum absolute atomic E-state index is 0.0437. The molecule has 12 nitrogen and oxygen atoms in total. The Morgan fingerprint density at radius 3 is 2.94 bits per heavy atom. The molecule has 0 spiro atoms. The Labute approximate surface area is 194 Å². The number of nitrogens with zero attached hydrogens (tertiary/aromatic N) is 5. The molecule has 3 aromatic rings. The molecule has 3 atom stereocenters. The molecule has 3 N–H and O–H groups in total. The van der Waals surface area contributed by atoms with E-state index in [9.17, 15) is 9.18 Å². The average Bonchev–Trinajstić information content (AvgIpc) is 3.55. The van der Waals surface area contributed by atoms with Crippen molar-refractivity contribution in [2.24, 2.45) is 0 Å². The predicted octanol–water partition coefficient (Wildman–Crippen LogP) is 1.95. The van der Waals surface area contributed by atoms with E-state index in [1.54, 1.807) is 36.7 Å². The third-order valence-electron chi connectivity index (χ3n) is 5.60. The SMILES string of the molecule is CC(C)NC(=O)OC1COC(c2cc(Nc3nc(N4CCOCC4)cc4nccn34)n[nH]2)C1F. The molecule has 2 aliphatic rings. The quantitative estimate of drug-likeness (QED) is 0.490. The highest BCUT2D eigenvalue weighted by Gasteiger charge is 2.42. The summed E-state index contributed by atoms with van der Waals surface area (Å²) in [6.45, 7) is 6.31. The van der Waals surface area contributed by atoms with Gasteiger partial charge in [-0.1, -0.05) is 0 Å². The zero-order valence-corrected chi connectivity index (χ0v) is 18.9. The van der Waals surface area contributed by atoms with Crippen LogP contribution in [0.25, 0.3) is 5.65 Å². The molecule has 3 unspecified atom stereocenters. The summed E-state index contributed by atoms with van der Waals surface area (Å²) in [4.78, 5) is 23.1. The number of alkyl carbamates (subject to hydrolysis) is 1. The fraction of sp³-hybridized carbons (Fsp3) is 0.524. The van der Waals surface area contributed by atoms with E-state index in [4.69, 9.17) is 19.2 Å². The van der Waals surface area contributed by atoms with E-state index >= 15 is 0 Å². The number of hydrogen-bond donors (Lipinski definition) is 3. The largest absolute Gasteiger partial charge is 0.441 e. The van der Waals surface area contributed by atoms with Gasteiger partial charge < -0.3 is 29.7 Å². The highest BCUT2D eigenvalue weighted by atomic mass is 19.1. The first-order valence-electron chi connectivity index (χ1n) is 11.2. The number of amides is 1. The van der Waals surface area contributed by atoms with Crippen molar-refractivity contribution in [1.82, 2.24) is 29.9 Å². The molecule has 5 rings (SSSR count). The van der Waals surface area contributed by atoms with E-state index in [2.05, 4.69) is 30.7 Å². The van der Waals surface area contributed by atoms with Crippen LogP contribution in [-0.4, -0.2) is 81.9 Å². The van der Waals surface area contributed by atoms with Crippen LogP contribution in [0, 0.1) is 0 Å². The van der Waals surface area contributed by atoms with Crippen LogP contribution in [-0.2, 0) is 14.2 Å². The van der Waals surface area contributed by atoms with Gasteiger partial charge in [-0.25, -0.2) is 14.2 Å². The second-order valence-electron chi connectivity index (χ2n) is 8.47. The number of H-pyrrole nitrogens is 1. The van der Waals surface area contributed by atoms with Crippen molar-refractivity contribution >= 4 is 29.3 Å². The Hall–Kier alpha value is -3.45. The van der Waals surface area contributed by atoms with E-state index < -0.39 is 24.5 Å². The van der Waals surface area contributed by atoms with Gasteiger partial charge in [0, 0.05) is 43.7 Å². The Morgan fingerprint density at radius 1 is 1.32 bits per heavy atom. The van der Waals surface area contributed by atoms with Gasteiger partial charge in [-0.3, -0.25) is 9.50 Å². The number of carbonyl (C=O) groups is 1. The van der Waals surface area contributed by atoms with Crippen LogP contribution >= 0.6 is 0 Å². The molecular formula is C21H27FN8O4. The van der Waals surface area contributed by atoms with Gasteiger partial charge in [0.05, 0.1) is 25.5 Å². The number of fused-ring (bicyclic) bond motifs is 1. The van der Waals surface area contributed by atoms with Crippen molar-refractivity contribution in [1.29, 1.82) is 0 Å². The zero-order chi connectivity index (χ0) is 23.7. The van der Waals surface area contributed by atoms with Gasteiger partial charge in [-0.15, -0.1) is 0 Å². The van der Waals surface area contributed by atoms with Gasteiger partial charge in [0.2, 0.25) is 5.95 Å². The molecule has 1 amide bonds. The van der Waals surface area contributed by atoms with Gasteiger partial charge >= 0.3 is 6.09 Å². The maximum absolute atomic E-state index is 15.0. The molecule has 3 aromatic heterocycles. The van der Waals surface area contributed by atoms with Gasteiger partial charge in [0.25, 0.3) is 0 Å². The highest BCUT2D eigenvalue weighted by molar-refractivity contribution is 5.67. The molecule has 2 fully saturated rings. The molecule has 0 aromatic carbocycles. The lowest BCUT2D eigenvalue weighted by atomic mass is 10.1. The average molecular weight is 474 g/mol. The van der Waals surface area contributed by atoms with Crippen LogP contribution in [0.15, 0.2) is 24.5 Å². The number of alkyl halides is 1. The third-order valence-corrected chi connectivity index (χ3v) is 5.60. The van der Waals surface area contributed by atoms with E-state index in [1.807, 2.05) is 6.07 Å². The molecule has 2 aliphatic heterocycles. The fourth-order valence-electron chi connectivity index (χ4n) is 3.96. The first kappa shape index (κ1) is 22.3. The van der Waals surface area contributed by atoms with Crippen molar-refractivity contribution in [3.8, 4) is 0 Å². The third kappa shape index (κ3) is 4.61. The minimum Gasteiger partial charge on any atom is -0.441 e. The maximum atomic E-state index is 15.0. The van der Waals surface area contributed by atoms with Crippen molar-refractivity contribution < 1.29 is 23.4 Å². The molecular weight excluding hydrogens is 447 g/mol. The normalized spacial score (nSPS) is 22.9. The number of aromatic amines is 1. The van der Waals surface area contributed by atoms with Crippen LogP contribution in [0.2, 0.25) is 0 Å². The summed E-state index contributed by atoms with van der Waals surface area (Å²) in [6, 6.07) is 3.46. The number of halogens is 1. The van der Waals surface area contributed by atoms with Crippen LogP contribution in [0.4, 0.5) is 26.8 Å². The summed E-state index contributed by atoms with van der Waals surface area (Å²) in [6.07, 6.45) is -0.648. The number of ether oxygens (including phenoxy) is 3. The Kier molecular flexibility index (Phi) is 6.20. The Bertz CT molecular complexity index is 1140. The number of carbonyl (C=O) groups excluding carboxylic acids is 1. The van der Waals surface area contributed by atoms with Gasteiger partial charge in [0.1, 0.15) is 17.6 Å². The molecule has 5 heterocycles. The van der Waals surface area contributed by atoms with Gasteiger partial charge in [-0.05, 0) is 13.8 Å². The predicted molar refractivity (Wildman–Crippen MR) is 120 cm³/mol. The van der Waals surface area contributed by atoms with Gasteiger partial charge in [0.15, 0.2) is 18.1 Å². The summed E-state index contributed by atoms with van der Waals surface area (Å²) in [5.41, 5.74) is 1.16. The number of rotatable bonds is 6. The second kappa shape index (κ2) is 9.43. The summed E-state index contributed by atoms with van der Waals surface area (Å²) < 4.78 is 32.9. The monoisotopic (exact) mass is 474 g/mol. The smallest absolute Gasteiger partial charge is 0.407 e. The lowest BCUT2D eigenvalue weighted by Crippen LogP contribution is -2.36. The maximum Gasteiger partial charge on any atom is 0.407 e. The van der Waals surface area contributed by atoms with Crippen molar-refractivity contribution in [3.05, 3.63) is 30.2 Å². The Balaban J connectivity index is 1.30. The summed E-state index contributed by atoms with van der Waals surface area (Å²) in [7, 11) is 0. The van der Waals surface area contributed by atoms with Crippen molar-refractivity contribution in [3.63, 3.8) is 0 Å². The van der Waals surface area contributed by atoms with Gasteiger partial charge in [-0.2, -0.15) is 10.1 Å². The number of nitrogens with one attached hydrogen (secondary N) is 3. The lowest BCUT2D eigenvalue weighted by Gasteiger charge is -2.28.